The number of aromatic amines is 1. The molecule has 0 radical (unpaired) electrons. The molecule has 0 aliphatic rings. The molecule has 0 aliphatic heterocycles. The van der Waals surface area contributed by atoms with Crippen LogP contribution in [0.3, 0.4) is 0 Å². The van der Waals surface area contributed by atoms with E-state index in [1.165, 1.54) is 0 Å². The van der Waals surface area contributed by atoms with Crippen LogP contribution in [0.1, 0.15) is 0 Å². The number of aromatic nitrogens is 2. The van der Waals surface area contributed by atoms with Crippen LogP contribution in [0.4, 0.5) is 5.95 Å². The molecule has 82 valence electrons. The molecule has 0 aliphatic carbocycles. The quantitative estimate of drug-likeness (QED) is 0.759. The maximum atomic E-state index is 5.84. The second-order valence-electron chi connectivity index (χ2n) is 2.86. The number of hydrogen-bond donors (Lipinski definition) is 2. The molecule has 1 aromatic heterocycles. The predicted molar refractivity (Wildman–Crippen MR) is 60.3 cm³/mol. The lowest BCUT2D eigenvalue weighted by Crippen LogP contribution is -3.00. The average Bonchev–Trinajstić information content (AvgIpc) is 2.56. The molecule has 3 nitrogen and oxygen atoms in total. The van der Waals surface area contributed by atoms with Crippen molar-refractivity contribution in [1.29, 1.82) is 0 Å². The van der Waals surface area contributed by atoms with Gasteiger partial charge < -0.3 is 22.7 Å². The van der Waals surface area contributed by atoms with Gasteiger partial charge in [0.2, 0.25) is 5.95 Å². The third-order valence-electron chi connectivity index (χ3n) is 1.83. The first-order valence-electron chi connectivity index (χ1n) is 4.25. The van der Waals surface area contributed by atoms with Crippen molar-refractivity contribution in [3.63, 3.8) is 0 Å². The molecule has 2 N–H and O–H groups in total. The molecule has 6 heteroatoms. The number of rotatable bonds is 3. The molecule has 1 heterocycles. The SMILES string of the molecule is ClCCNc1nc2ccc(Cl)cc2[nH]1.[Cl-]. The fourth-order valence-electron chi connectivity index (χ4n) is 1.23. The number of halogens is 3. The van der Waals surface area contributed by atoms with Gasteiger partial charge in [-0.15, -0.1) is 11.6 Å². The van der Waals surface area contributed by atoms with E-state index >= 15 is 0 Å². The van der Waals surface area contributed by atoms with Crippen LogP contribution in [0, 0.1) is 0 Å². The van der Waals surface area contributed by atoms with Crippen LogP contribution in [0.15, 0.2) is 18.2 Å². The van der Waals surface area contributed by atoms with Gasteiger partial charge in [0, 0.05) is 17.4 Å². The molecule has 0 bridgehead atoms. The van der Waals surface area contributed by atoms with Gasteiger partial charge in [0.25, 0.3) is 0 Å². The monoisotopic (exact) mass is 264 g/mol. The van der Waals surface area contributed by atoms with Crippen LogP contribution < -0.4 is 17.7 Å². The minimum absolute atomic E-state index is 0. The highest BCUT2D eigenvalue weighted by Crippen LogP contribution is 2.18. The van der Waals surface area contributed by atoms with Gasteiger partial charge >= 0.3 is 0 Å². The average molecular weight is 266 g/mol. The van der Waals surface area contributed by atoms with Crippen molar-refractivity contribution >= 4 is 40.2 Å². The van der Waals surface area contributed by atoms with E-state index in [2.05, 4.69) is 15.3 Å². The van der Waals surface area contributed by atoms with Gasteiger partial charge in [0.05, 0.1) is 11.0 Å². The molecule has 0 fully saturated rings. The molecule has 0 spiro atoms. The van der Waals surface area contributed by atoms with Crippen molar-refractivity contribution in [2.45, 2.75) is 0 Å². The summed E-state index contributed by atoms with van der Waals surface area (Å²) in [5, 5.41) is 3.76. The van der Waals surface area contributed by atoms with Crippen molar-refractivity contribution in [2.24, 2.45) is 0 Å². The van der Waals surface area contributed by atoms with Crippen LogP contribution >= 0.6 is 23.2 Å². The zero-order chi connectivity index (χ0) is 9.97. The highest BCUT2D eigenvalue weighted by Gasteiger charge is 2.01. The number of H-pyrrole nitrogens is 1. The summed E-state index contributed by atoms with van der Waals surface area (Å²) in [6.07, 6.45) is 0. The smallest absolute Gasteiger partial charge is 0.201 e. The standard InChI is InChI=1S/C9H9Cl2N3.ClH/c10-3-4-12-9-13-7-2-1-6(11)5-8(7)14-9;/h1-2,5H,3-4H2,(H2,12,13,14);1H/p-1. The Kier molecular flexibility index (Phi) is 4.51. The van der Waals surface area contributed by atoms with Gasteiger partial charge in [0.1, 0.15) is 0 Å². The third kappa shape index (κ3) is 2.91. The van der Waals surface area contributed by atoms with Crippen molar-refractivity contribution in [1.82, 2.24) is 9.97 Å². The molecule has 0 unspecified atom stereocenters. The van der Waals surface area contributed by atoms with E-state index in [1.807, 2.05) is 18.2 Å². The molecular formula is C9H9Cl3N3-. The van der Waals surface area contributed by atoms with Crippen molar-refractivity contribution in [3.8, 4) is 0 Å². The van der Waals surface area contributed by atoms with Gasteiger partial charge in [-0.3, -0.25) is 0 Å². The Bertz CT molecular complexity index is 441. The largest absolute Gasteiger partial charge is 1.00 e. The van der Waals surface area contributed by atoms with Crippen LogP contribution in [-0.4, -0.2) is 22.4 Å². The van der Waals surface area contributed by atoms with E-state index in [4.69, 9.17) is 23.2 Å². The van der Waals surface area contributed by atoms with Crippen LogP contribution in [-0.2, 0) is 0 Å². The van der Waals surface area contributed by atoms with Crippen LogP contribution in [0.2, 0.25) is 5.02 Å². The van der Waals surface area contributed by atoms with Crippen LogP contribution in [0.25, 0.3) is 11.0 Å². The highest BCUT2D eigenvalue weighted by molar-refractivity contribution is 6.31. The lowest BCUT2D eigenvalue weighted by atomic mass is 10.3. The molecule has 2 rings (SSSR count). The topological polar surface area (TPSA) is 40.7 Å². The Balaban J connectivity index is 0.00000112. The number of fused-ring (bicyclic) bond motifs is 1. The third-order valence-corrected chi connectivity index (χ3v) is 2.25. The minimum atomic E-state index is 0. The number of alkyl halides is 1. The molecule has 15 heavy (non-hydrogen) atoms. The molecule has 0 amide bonds. The summed E-state index contributed by atoms with van der Waals surface area (Å²) in [5.74, 6) is 1.28. The number of hydrogen-bond acceptors (Lipinski definition) is 2. The Morgan fingerprint density at radius 2 is 2.20 bits per heavy atom. The van der Waals surface area contributed by atoms with E-state index in [9.17, 15) is 0 Å². The highest BCUT2D eigenvalue weighted by atomic mass is 35.5. The van der Waals surface area contributed by atoms with Gasteiger partial charge in [-0.05, 0) is 18.2 Å². The summed E-state index contributed by atoms with van der Waals surface area (Å²) in [7, 11) is 0. The van der Waals surface area contributed by atoms with Crippen molar-refractivity contribution in [2.75, 3.05) is 17.7 Å². The first kappa shape index (κ1) is 12.4. The number of nitrogens with one attached hydrogen (secondary N) is 2. The van der Waals surface area contributed by atoms with Crippen molar-refractivity contribution < 1.29 is 12.4 Å². The van der Waals surface area contributed by atoms with Crippen molar-refractivity contribution in [3.05, 3.63) is 23.2 Å². The van der Waals surface area contributed by atoms with E-state index < -0.39 is 0 Å². The lowest BCUT2D eigenvalue weighted by Gasteiger charge is -1.95. The zero-order valence-corrected chi connectivity index (χ0v) is 10.00. The molecule has 2 aromatic rings. The van der Waals surface area contributed by atoms with E-state index in [-0.39, 0.29) is 12.4 Å². The van der Waals surface area contributed by atoms with E-state index in [0.717, 1.165) is 17.0 Å². The summed E-state index contributed by atoms with van der Waals surface area (Å²) in [4.78, 5) is 7.41. The zero-order valence-electron chi connectivity index (χ0n) is 7.73. The first-order valence-corrected chi connectivity index (χ1v) is 5.16. The van der Waals surface area contributed by atoms with Gasteiger partial charge in [-0.25, -0.2) is 4.98 Å². The van der Waals surface area contributed by atoms with Gasteiger partial charge in [-0.1, -0.05) is 11.6 Å². The van der Waals surface area contributed by atoms with E-state index in [1.54, 1.807) is 0 Å². The van der Waals surface area contributed by atoms with Gasteiger partial charge in [0.15, 0.2) is 0 Å². The Hall–Kier alpha value is -0.640. The van der Waals surface area contributed by atoms with Crippen LogP contribution in [0.5, 0.6) is 0 Å². The molecular weight excluding hydrogens is 256 g/mol. The number of nitrogens with zero attached hydrogens (tertiary/aromatic N) is 1. The summed E-state index contributed by atoms with van der Waals surface area (Å²) >= 11 is 11.4. The van der Waals surface area contributed by atoms with E-state index in [0.29, 0.717) is 17.4 Å². The fourth-order valence-corrected chi connectivity index (χ4v) is 1.50. The number of benzene rings is 1. The minimum Gasteiger partial charge on any atom is -1.00 e. The maximum Gasteiger partial charge on any atom is 0.201 e. The maximum absolute atomic E-state index is 5.84. The first-order chi connectivity index (χ1) is 6.79. The Labute approximate surface area is 104 Å². The summed E-state index contributed by atoms with van der Waals surface area (Å²) in [6, 6.07) is 5.53. The second-order valence-corrected chi connectivity index (χ2v) is 3.68. The molecule has 1 aromatic carbocycles. The number of anilines is 1. The summed E-state index contributed by atoms with van der Waals surface area (Å²) in [6.45, 7) is 0.690. The molecule has 0 saturated carbocycles. The molecule has 0 saturated heterocycles. The fraction of sp³-hybridized carbons (Fsp3) is 0.222. The Morgan fingerprint density at radius 1 is 1.40 bits per heavy atom. The second kappa shape index (κ2) is 5.45. The Morgan fingerprint density at radius 3 is 2.93 bits per heavy atom. The molecule has 0 atom stereocenters. The summed E-state index contributed by atoms with van der Waals surface area (Å²) in [5.41, 5.74) is 1.82. The normalized spacial score (nSPS) is 10.0. The summed E-state index contributed by atoms with van der Waals surface area (Å²) < 4.78 is 0. The van der Waals surface area contributed by atoms with Gasteiger partial charge in [-0.2, -0.15) is 0 Å². The predicted octanol–water partition coefficient (Wildman–Crippen LogP) is -0.129. The lowest BCUT2D eigenvalue weighted by molar-refractivity contribution is -0.00000281. The number of imidazole rings is 1.